The summed E-state index contributed by atoms with van der Waals surface area (Å²) in [6.45, 7) is 3.22. The van der Waals surface area contributed by atoms with Crippen LogP contribution in [-0.2, 0) is 9.59 Å². The Morgan fingerprint density at radius 2 is 1.91 bits per heavy atom. The minimum Gasteiger partial charge on any atom is -0.486 e. The van der Waals surface area contributed by atoms with Gasteiger partial charge in [0, 0.05) is 6.54 Å². The summed E-state index contributed by atoms with van der Waals surface area (Å²) in [6, 6.07) is 7.44. The lowest BCUT2D eigenvalue weighted by Gasteiger charge is -2.37. The van der Waals surface area contributed by atoms with Crippen LogP contribution in [0.1, 0.15) is 19.8 Å². The smallest absolute Gasteiger partial charge is 0.307 e. The number of carbonyl (C=O) groups excluding carboxylic acids is 1. The van der Waals surface area contributed by atoms with E-state index in [0.717, 1.165) is 0 Å². The predicted molar refractivity (Wildman–Crippen MR) is 82.5 cm³/mol. The molecular weight excluding hydrogens is 298 g/mol. The fourth-order valence-electron chi connectivity index (χ4n) is 3.10. The van der Waals surface area contributed by atoms with Gasteiger partial charge in [0.15, 0.2) is 17.6 Å². The van der Waals surface area contributed by atoms with Gasteiger partial charge in [0.1, 0.15) is 6.61 Å². The molecule has 1 amide bonds. The summed E-state index contributed by atoms with van der Waals surface area (Å²) >= 11 is 0. The second-order valence-corrected chi connectivity index (χ2v) is 6.00. The lowest BCUT2D eigenvalue weighted by molar-refractivity contribution is -0.157. The zero-order valence-corrected chi connectivity index (χ0v) is 13.1. The van der Waals surface area contributed by atoms with E-state index in [0.29, 0.717) is 44.0 Å². The quantitative estimate of drug-likeness (QED) is 0.895. The number of carbonyl (C=O) groups is 2. The van der Waals surface area contributed by atoms with Crippen molar-refractivity contribution in [1.82, 2.24) is 4.90 Å². The van der Waals surface area contributed by atoms with Gasteiger partial charge < -0.3 is 19.5 Å². The highest BCUT2D eigenvalue weighted by Crippen LogP contribution is 2.36. The summed E-state index contributed by atoms with van der Waals surface area (Å²) in [5.74, 6) is -0.516. The van der Waals surface area contributed by atoms with Crippen molar-refractivity contribution in [3.05, 3.63) is 24.3 Å². The normalized spacial score (nSPS) is 25.3. The zero-order chi connectivity index (χ0) is 16.4. The number of fused-ring (bicyclic) bond motifs is 1. The Morgan fingerprint density at radius 1 is 1.22 bits per heavy atom. The van der Waals surface area contributed by atoms with Gasteiger partial charge in [0.25, 0.3) is 0 Å². The Bertz CT molecular complexity index is 602. The number of rotatable bonds is 5. The topological polar surface area (TPSA) is 76.1 Å². The maximum atomic E-state index is 12.6. The summed E-state index contributed by atoms with van der Waals surface area (Å²) in [6.07, 6.45) is 0.994. The van der Waals surface area contributed by atoms with Crippen LogP contribution in [0.4, 0.5) is 0 Å². The number of likely N-dealkylation sites (N-methyl/N-ethyl adjacent to an activating group) is 1. The van der Waals surface area contributed by atoms with Gasteiger partial charge in [0.2, 0.25) is 5.91 Å². The summed E-state index contributed by atoms with van der Waals surface area (Å²) in [5.41, 5.74) is 0. The molecule has 124 valence electrons. The van der Waals surface area contributed by atoms with Gasteiger partial charge in [-0.25, -0.2) is 0 Å². The number of amides is 1. The number of carboxylic acids is 1. The van der Waals surface area contributed by atoms with Crippen LogP contribution in [0.15, 0.2) is 24.3 Å². The highest BCUT2D eigenvalue weighted by Gasteiger charge is 2.43. The molecule has 0 radical (unpaired) electrons. The Hall–Kier alpha value is -2.24. The molecule has 1 heterocycles. The Kier molecular flexibility index (Phi) is 4.41. The molecule has 1 fully saturated rings. The molecule has 1 aromatic carbocycles. The first-order valence-electron chi connectivity index (χ1n) is 8.00. The van der Waals surface area contributed by atoms with Gasteiger partial charge in [-0.15, -0.1) is 0 Å². The average molecular weight is 319 g/mol. The third-order valence-corrected chi connectivity index (χ3v) is 4.59. The predicted octanol–water partition coefficient (Wildman–Crippen LogP) is 1.79. The van der Waals surface area contributed by atoms with Crippen molar-refractivity contribution >= 4 is 11.9 Å². The van der Waals surface area contributed by atoms with E-state index in [9.17, 15) is 9.59 Å². The first-order chi connectivity index (χ1) is 11.1. The van der Waals surface area contributed by atoms with Crippen molar-refractivity contribution in [3.8, 4) is 11.5 Å². The van der Waals surface area contributed by atoms with Crippen LogP contribution in [0.5, 0.6) is 11.5 Å². The number of para-hydroxylation sites is 2. The molecule has 0 spiro atoms. The number of ether oxygens (including phenoxy) is 2. The molecule has 3 rings (SSSR count). The summed E-state index contributed by atoms with van der Waals surface area (Å²) in [4.78, 5) is 25.4. The third-order valence-electron chi connectivity index (χ3n) is 4.59. The molecular formula is C17H21NO5. The third kappa shape index (κ3) is 3.11. The molecule has 1 N–H and O–H groups in total. The summed E-state index contributed by atoms with van der Waals surface area (Å²) in [7, 11) is 0. The number of benzene rings is 1. The monoisotopic (exact) mass is 319 g/mol. The first kappa shape index (κ1) is 15.6. The molecule has 0 bridgehead atoms. The maximum Gasteiger partial charge on any atom is 0.307 e. The summed E-state index contributed by atoms with van der Waals surface area (Å²) in [5, 5.41) is 9.12. The molecule has 6 nitrogen and oxygen atoms in total. The van der Waals surface area contributed by atoms with Crippen LogP contribution in [-0.4, -0.2) is 47.7 Å². The second kappa shape index (κ2) is 6.48. The highest BCUT2D eigenvalue weighted by molar-refractivity contribution is 5.86. The number of carboxylic acid groups (broad SMARTS) is 1. The van der Waals surface area contributed by atoms with Crippen molar-refractivity contribution in [2.75, 3.05) is 19.7 Å². The van der Waals surface area contributed by atoms with E-state index in [1.807, 2.05) is 31.2 Å². The fourth-order valence-corrected chi connectivity index (χ4v) is 3.10. The molecule has 3 atom stereocenters. The molecule has 0 aromatic heterocycles. The number of aliphatic carboxylic acids is 1. The number of hydrogen-bond acceptors (Lipinski definition) is 4. The van der Waals surface area contributed by atoms with Gasteiger partial charge in [0.05, 0.1) is 18.4 Å². The van der Waals surface area contributed by atoms with Crippen molar-refractivity contribution in [1.29, 1.82) is 0 Å². The lowest BCUT2D eigenvalue weighted by atomic mass is 9.73. The molecule has 1 aromatic rings. The van der Waals surface area contributed by atoms with Crippen molar-refractivity contribution in [3.63, 3.8) is 0 Å². The Balaban J connectivity index is 1.62. The Labute approximate surface area is 135 Å². The van der Waals surface area contributed by atoms with Crippen LogP contribution < -0.4 is 9.47 Å². The largest absolute Gasteiger partial charge is 0.486 e. The van der Waals surface area contributed by atoms with E-state index in [1.165, 1.54) is 0 Å². The van der Waals surface area contributed by atoms with Crippen LogP contribution in [0, 0.1) is 11.8 Å². The number of hydrogen-bond donors (Lipinski definition) is 1. The van der Waals surface area contributed by atoms with Crippen LogP contribution in [0.2, 0.25) is 0 Å². The second-order valence-electron chi connectivity index (χ2n) is 6.00. The lowest BCUT2D eigenvalue weighted by Crippen LogP contribution is -2.50. The minimum atomic E-state index is -0.878. The highest BCUT2D eigenvalue weighted by atomic mass is 16.6. The minimum absolute atomic E-state index is 0.0893. The van der Waals surface area contributed by atoms with Gasteiger partial charge in [-0.3, -0.25) is 9.59 Å². The van der Waals surface area contributed by atoms with Gasteiger partial charge >= 0.3 is 5.97 Å². The van der Waals surface area contributed by atoms with Crippen LogP contribution in [0.25, 0.3) is 0 Å². The van der Waals surface area contributed by atoms with E-state index < -0.39 is 17.8 Å². The molecule has 1 aliphatic carbocycles. The van der Waals surface area contributed by atoms with Crippen molar-refractivity contribution < 1.29 is 24.2 Å². The first-order valence-corrected chi connectivity index (χ1v) is 8.00. The molecule has 3 unspecified atom stereocenters. The standard InChI is InChI=1S/C17H21NO5/c1-2-18(16(19)12-7-8-13(12)17(20)21)9-11-10-22-14-5-3-4-6-15(14)23-11/h3-6,11-13H,2,7-10H2,1H3,(H,20,21). The summed E-state index contributed by atoms with van der Waals surface area (Å²) < 4.78 is 11.5. The van der Waals surface area contributed by atoms with Crippen LogP contribution in [0.3, 0.4) is 0 Å². The van der Waals surface area contributed by atoms with Gasteiger partial charge in [-0.05, 0) is 31.9 Å². The average Bonchev–Trinajstić information content (AvgIpc) is 2.50. The van der Waals surface area contributed by atoms with Crippen LogP contribution >= 0.6 is 0 Å². The van der Waals surface area contributed by atoms with E-state index in [4.69, 9.17) is 14.6 Å². The molecule has 1 aliphatic heterocycles. The van der Waals surface area contributed by atoms with Gasteiger partial charge in [-0.2, -0.15) is 0 Å². The molecule has 6 heteroatoms. The zero-order valence-electron chi connectivity index (χ0n) is 13.1. The van der Waals surface area contributed by atoms with E-state index >= 15 is 0 Å². The molecule has 1 saturated carbocycles. The molecule has 23 heavy (non-hydrogen) atoms. The fraction of sp³-hybridized carbons (Fsp3) is 0.529. The van der Waals surface area contributed by atoms with Gasteiger partial charge in [-0.1, -0.05) is 12.1 Å². The van der Waals surface area contributed by atoms with E-state index in [-0.39, 0.29) is 12.0 Å². The number of nitrogens with zero attached hydrogens (tertiary/aromatic N) is 1. The Morgan fingerprint density at radius 3 is 2.52 bits per heavy atom. The molecule has 0 saturated heterocycles. The maximum absolute atomic E-state index is 12.6. The van der Waals surface area contributed by atoms with E-state index in [2.05, 4.69) is 0 Å². The van der Waals surface area contributed by atoms with Crippen molar-refractivity contribution in [2.45, 2.75) is 25.9 Å². The molecule has 2 aliphatic rings. The SMILES string of the molecule is CCN(CC1COc2ccccc2O1)C(=O)C1CCC1C(=O)O. The van der Waals surface area contributed by atoms with Crippen molar-refractivity contribution in [2.24, 2.45) is 11.8 Å². The van der Waals surface area contributed by atoms with E-state index in [1.54, 1.807) is 4.90 Å².